The fourth-order valence-electron chi connectivity index (χ4n) is 2.43. The molecule has 0 radical (unpaired) electrons. The van der Waals surface area contributed by atoms with Crippen LogP contribution in [0.3, 0.4) is 0 Å². The highest BCUT2D eigenvalue weighted by Crippen LogP contribution is 2.11. The number of benzene rings is 1. The Kier molecular flexibility index (Phi) is 4.37. The van der Waals surface area contributed by atoms with Gasteiger partial charge in [0.1, 0.15) is 0 Å². The van der Waals surface area contributed by atoms with Gasteiger partial charge in [0.2, 0.25) is 5.91 Å². The van der Waals surface area contributed by atoms with Crippen LogP contribution in [-0.4, -0.2) is 25.5 Å². The molecule has 2 rings (SSSR count). The van der Waals surface area contributed by atoms with Crippen LogP contribution in [0.5, 0.6) is 0 Å². The lowest BCUT2D eigenvalue weighted by molar-refractivity contribution is -0.120. The third kappa shape index (κ3) is 3.57. The standard InChI is InChI=1S/C15H22N2O/c1-11-3-4-14(12(2)7-11)8-15(18)17-10-13-5-6-16-9-13/h3-4,7,13,16H,5-6,8-10H2,1-2H3,(H,17,18). The van der Waals surface area contributed by atoms with Crippen molar-refractivity contribution in [1.29, 1.82) is 0 Å². The van der Waals surface area contributed by atoms with Crippen LogP contribution in [0.15, 0.2) is 18.2 Å². The molecule has 0 aromatic heterocycles. The van der Waals surface area contributed by atoms with Crippen molar-refractivity contribution < 1.29 is 4.79 Å². The number of nitrogens with one attached hydrogen (secondary N) is 2. The maximum absolute atomic E-state index is 11.9. The molecule has 1 atom stereocenters. The van der Waals surface area contributed by atoms with Crippen LogP contribution < -0.4 is 10.6 Å². The zero-order valence-corrected chi connectivity index (χ0v) is 11.3. The maximum atomic E-state index is 11.9. The van der Waals surface area contributed by atoms with Crippen molar-refractivity contribution in [2.24, 2.45) is 5.92 Å². The third-order valence-electron chi connectivity index (χ3n) is 3.60. The van der Waals surface area contributed by atoms with Crippen molar-refractivity contribution >= 4 is 5.91 Å². The predicted octanol–water partition coefficient (Wildman–Crippen LogP) is 1.57. The van der Waals surface area contributed by atoms with Crippen molar-refractivity contribution in [1.82, 2.24) is 10.6 Å². The molecule has 18 heavy (non-hydrogen) atoms. The summed E-state index contributed by atoms with van der Waals surface area (Å²) in [7, 11) is 0. The van der Waals surface area contributed by atoms with Gasteiger partial charge in [0, 0.05) is 6.54 Å². The second-order valence-corrected chi connectivity index (χ2v) is 5.27. The lowest BCUT2D eigenvalue weighted by atomic mass is 10.0. The minimum atomic E-state index is 0.133. The smallest absolute Gasteiger partial charge is 0.224 e. The first-order valence-electron chi connectivity index (χ1n) is 6.68. The second kappa shape index (κ2) is 6.01. The summed E-state index contributed by atoms with van der Waals surface area (Å²) in [5.41, 5.74) is 3.57. The number of hydrogen-bond acceptors (Lipinski definition) is 2. The van der Waals surface area contributed by atoms with E-state index in [1.165, 1.54) is 17.5 Å². The van der Waals surface area contributed by atoms with Crippen LogP contribution in [0.25, 0.3) is 0 Å². The molecule has 98 valence electrons. The Bertz CT molecular complexity index is 423. The highest BCUT2D eigenvalue weighted by Gasteiger charge is 2.15. The topological polar surface area (TPSA) is 41.1 Å². The van der Waals surface area contributed by atoms with Crippen molar-refractivity contribution in [2.75, 3.05) is 19.6 Å². The minimum absolute atomic E-state index is 0.133. The molecular formula is C15H22N2O. The van der Waals surface area contributed by atoms with Gasteiger partial charge >= 0.3 is 0 Å². The molecule has 1 aromatic rings. The van der Waals surface area contributed by atoms with E-state index in [2.05, 4.69) is 42.7 Å². The van der Waals surface area contributed by atoms with Gasteiger partial charge in [-0.2, -0.15) is 0 Å². The van der Waals surface area contributed by atoms with E-state index in [9.17, 15) is 4.79 Å². The minimum Gasteiger partial charge on any atom is -0.355 e. The largest absolute Gasteiger partial charge is 0.355 e. The molecule has 3 heteroatoms. The molecule has 2 N–H and O–H groups in total. The van der Waals surface area contributed by atoms with E-state index in [4.69, 9.17) is 0 Å². The zero-order valence-electron chi connectivity index (χ0n) is 11.3. The van der Waals surface area contributed by atoms with Crippen molar-refractivity contribution in [3.8, 4) is 0 Å². The van der Waals surface area contributed by atoms with Crippen molar-refractivity contribution in [3.05, 3.63) is 34.9 Å². The van der Waals surface area contributed by atoms with Gasteiger partial charge in [0.05, 0.1) is 6.42 Å². The molecule has 0 saturated carbocycles. The number of hydrogen-bond donors (Lipinski definition) is 2. The third-order valence-corrected chi connectivity index (χ3v) is 3.60. The van der Waals surface area contributed by atoms with E-state index < -0.39 is 0 Å². The molecule has 0 bridgehead atoms. The van der Waals surface area contributed by atoms with Crippen LogP contribution in [0.4, 0.5) is 0 Å². The SMILES string of the molecule is Cc1ccc(CC(=O)NCC2CCNC2)c(C)c1. The summed E-state index contributed by atoms with van der Waals surface area (Å²) in [6, 6.07) is 6.25. The fourth-order valence-corrected chi connectivity index (χ4v) is 2.43. The summed E-state index contributed by atoms with van der Waals surface area (Å²) in [6.45, 7) is 7.05. The normalized spacial score (nSPS) is 18.9. The molecule has 3 nitrogen and oxygen atoms in total. The van der Waals surface area contributed by atoms with Gasteiger partial charge in [-0.05, 0) is 50.4 Å². The average molecular weight is 246 g/mol. The predicted molar refractivity (Wildman–Crippen MR) is 73.6 cm³/mol. The van der Waals surface area contributed by atoms with Gasteiger partial charge in [-0.15, -0.1) is 0 Å². The zero-order chi connectivity index (χ0) is 13.0. The summed E-state index contributed by atoms with van der Waals surface area (Å²) < 4.78 is 0. The summed E-state index contributed by atoms with van der Waals surface area (Å²) in [5.74, 6) is 0.738. The molecule has 1 aliphatic rings. The van der Waals surface area contributed by atoms with E-state index in [1.807, 2.05) is 0 Å². The number of rotatable bonds is 4. The van der Waals surface area contributed by atoms with Gasteiger partial charge in [-0.25, -0.2) is 0 Å². The van der Waals surface area contributed by atoms with Crippen LogP contribution >= 0.6 is 0 Å². The molecule has 1 fully saturated rings. The van der Waals surface area contributed by atoms with Gasteiger partial charge < -0.3 is 10.6 Å². The van der Waals surface area contributed by atoms with E-state index in [-0.39, 0.29) is 5.91 Å². The van der Waals surface area contributed by atoms with Crippen molar-refractivity contribution in [3.63, 3.8) is 0 Å². The summed E-state index contributed by atoms with van der Waals surface area (Å²) in [5, 5.41) is 6.35. The second-order valence-electron chi connectivity index (χ2n) is 5.27. The Hall–Kier alpha value is -1.35. The van der Waals surface area contributed by atoms with Crippen LogP contribution in [0.2, 0.25) is 0 Å². The van der Waals surface area contributed by atoms with Crippen LogP contribution in [0, 0.1) is 19.8 Å². The fraction of sp³-hybridized carbons (Fsp3) is 0.533. The summed E-state index contributed by atoms with van der Waals surface area (Å²) in [4.78, 5) is 11.9. The number of carbonyl (C=O) groups excluding carboxylic acids is 1. The highest BCUT2D eigenvalue weighted by atomic mass is 16.1. The molecule has 0 spiro atoms. The maximum Gasteiger partial charge on any atom is 0.224 e. The molecular weight excluding hydrogens is 224 g/mol. The number of aryl methyl sites for hydroxylation is 2. The molecule has 1 heterocycles. The van der Waals surface area contributed by atoms with Gasteiger partial charge in [-0.3, -0.25) is 4.79 Å². The first-order valence-corrected chi connectivity index (χ1v) is 6.68. The van der Waals surface area contributed by atoms with E-state index in [0.29, 0.717) is 12.3 Å². The molecule has 1 amide bonds. The molecule has 0 aliphatic carbocycles. The number of carbonyl (C=O) groups is 1. The lowest BCUT2D eigenvalue weighted by Gasteiger charge is -2.11. The molecule has 1 saturated heterocycles. The van der Waals surface area contributed by atoms with E-state index in [0.717, 1.165) is 25.2 Å². The first kappa shape index (κ1) is 13.1. The number of amides is 1. The molecule has 1 aliphatic heterocycles. The van der Waals surface area contributed by atoms with Gasteiger partial charge in [0.15, 0.2) is 0 Å². The first-order chi connectivity index (χ1) is 8.65. The monoisotopic (exact) mass is 246 g/mol. The van der Waals surface area contributed by atoms with Crippen molar-refractivity contribution in [2.45, 2.75) is 26.7 Å². The van der Waals surface area contributed by atoms with E-state index in [1.54, 1.807) is 0 Å². The average Bonchev–Trinajstić information content (AvgIpc) is 2.83. The Balaban J connectivity index is 1.82. The van der Waals surface area contributed by atoms with Gasteiger partial charge in [0.25, 0.3) is 0 Å². The quantitative estimate of drug-likeness (QED) is 0.846. The van der Waals surface area contributed by atoms with Crippen LogP contribution in [0.1, 0.15) is 23.1 Å². The Morgan fingerprint density at radius 2 is 2.28 bits per heavy atom. The summed E-state index contributed by atoms with van der Waals surface area (Å²) in [6.07, 6.45) is 1.66. The lowest BCUT2D eigenvalue weighted by Crippen LogP contribution is -2.31. The van der Waals surface area contributed by atoms with Gasteiger partial charge in [-0.1, -0.05) is 23.8 Å². The Morgan fingerprint density at radius 1 is 1.44 bits per heavy atom. The van der Waals surface area contributed by atoms with E-state index >= 15 is 0 Å². The Morgan fingerprint density at radius 3 is 2.94 bits per heavy atom. The molecule has 1 aromatic carbocycles. The summed E-state index contributed by atoms with van der Waals surface area (Å²) >= 11 is 0. The Labute approximate surface area is 109 Å². The highest BCUT2D eigenvalue weighted by molar-refractivity contribution is 5.78. The van der Waals surface area contributed by atoms with Crippen LogP contribution in [-0.2, 0) is 11.2 Å². The molecule has 1 unspecified atom stereocenters.